The fourth-order valence-corrected chi connectivity index (χ4v) is 3.29. The summed E-state index contributed by atoms with van der Waals surface area (Å²) < 4.78 is 7.57. The quantitative estimate of drug-likeness (QED) is 0.466. The number of anilines is 1. The summed E-state index contributed by atoms with van der Waals surface area (Å²) in [5.74, 6) is 1.81. The molecule has 1 amide bonds. The largest absolute Gasteiger partial charge is 0.494 e. The molecular formula is C26H34N4O2. The zero-order valence-electron chi connectivity index (χ0n) is 19.8. The normalized spacial score (nSPS) is 11.2. The van der Waals surface area contributed by atoms with E-state index in [-0.39, 0.29) is 12.3 Å². The van der Waals surface area contributed by atoms with Gasteiger partial charge in [0.2, 0.25) is 5.91 Å². The lowest BCUT2D eigenvalue weighted by Crippen LogP contribution is -2.15. The van der Waals surface area contributed by atoms with Gasteiger partial charge in [-0.1, -0.05) is 57.2 Å². The van der Waals surface area contributed by atoms with Gasteiger partial charge < -0.3 is 10.1 Å². The van der Waals surface area contributed by atoms with Gasteiger partial charge in [0.05, 0.1) is 31.0 Å². The van der Waals surface area contributed by atoms with Crippen LogP contribution in [0.4, 0.5) is 5.69 Å². The molecule has 6 heteroatoms. The van der Waals surface area contributed by atoms with Crippen molar-refractivity contribution >= 4 is 11.6 Å². The predicted molar refractivity (Wildman–Crippen MR) is 128 cm³/mol. The van der Waals surface area contributed by atoms with Crippen LogP contribution in [0.25, 0.3) is 0 Å². The summed E-state index contributed by atoms with van der Waals surface area (Å²) in [6, 6.07) is 16.0. The molecule has 1 aromatic heterocycles. The highest BCUT2D eigenvalue weighted by Crippen LogP contribution is 2.18. The van der Waals surface area contributed by atoms with E-state index in [0.29, 0.717) is 30.7 Å². The van der Waals surface area contributed by atoms with Crippen molar-refractivity contribution in [1.29, 1.82) is 0 Å². The highest BCUT2D eigenvalue weighted by molar-refractivity contribution is 5.92. The average Bonchev–Trinajstić information content (AvgIpc) is 3.08. The van der Waals surface area contributed by atoms with Crippen molar-refractivity contribution in [1.82, 2.24) is 15.0 Å². The van der Waals surface area contributed by atoms with E-state index in [9.17, 15) is 4.79 Å². The fourth-order valence-electron chi connectivity index (χ4n) is 3.29. The monoisotopic (exact) mass is 434 g/mol. The SMILES string of the molecule is Cc1c(CC(=O)Nc2ccc(OCCC(C)C)cc2)nnn1Cc1ccc(C(C)C)cc1. The maximum Gasteiger partial charge on any atom is 0.230 e. The van der Waals surface area contributed by atoms with Crippen molar-refractivity contribution < 1.29 is 9.53 Å². The third kappa shape index (κ3) is 6.67. The van der Waals surface area contributed by atoms with Gasteiger partial charge in [-0.15, -0.1) is 5.10 Å². The van der Waals surface area contributed by atoms with Gasteiger partial charge in [0.1, 0.15) is 5.75 Å². The highest BCUT2D eigenvalue weighted by Gasteiger charge is 2.13. The Morgan fingerprint density at radius 1 is 1.03 bits per heavy atom. The molecule has 1 N–H and O–H groups in total. The van der Waals surface area contributed by atoms with Crippen LogP contribution in [-0.2, 0) is 17.8 Å². The third-order valence-corrected chi connectivity index (χ3v) is 5.49. The highest BCUT2D eigenvalue weighted by atomic mass is 16.5. The molecule has 3 rings (SSSR count). The molecule has 6 nitrogen and oxygen atoms in total. The lowest BCUT2D eigenvalue weighted by Gasteiger charge is -2.09. The number of rotatable bonds is 10. The minimum Gasteiger partial charge on any atom is -0.494 e. The van der Waals surface area contributed by atoms with Crippen molar-refractivity contribution in [3.63, 3.8) is 0 Å². The number of aromatic nitrogens is 3. The molecule has 0 aliphatic carbocycles. The summed E-state index contributed by atoms with van der Waals surface area (Å²) in [5, 5.41) is 11.4. The number of amides is 1. The smallest absolute Gasteiger partial charge is 0.230 e. The van der Waals surface area contributed by atoms with Crippen molar-refractivity contribution in [2.24, 2.45) is 5.92 Å². The first-order valence-corrected chi connectivity index (χ1v) is 11.3. The predicted octanol–water partition coefficient (Wildman–Crippen LogP) is 5.36. The van der Waals surface area contributed by atoms with Crippen LogP contribution in [0, 0.1) is 12.8 Å². The summed E-state index contributed by atoms with van der Waals surface area (Å²) in [4.78, 5) is 12.5. The number of hydrogen-bond acceptors (Lipinski definition) is 4. The number of carbonyl (C=O) groups is 1. The van der Waals surface area contributed by atoms with Crippen molar-refractivity contribution in [2.75, 3.05) is 11.9 Å². The maximum atomic E-state index is 12.5. The van der Waals surface area contributed by atoms with Gasteiger partial charge in [-0.05, 0) is 60.6 Å². The first-order chi connectivity index (χ1) is 15.3. The van der Waals surface area contributed by atoms with Crippen molar-refractivity contribution in [2.45, 2.75) is 59.9 Å². The molecule has 3 aromatic rings. The first kappa shape index (κ1) is 23.5. The minimum atomic E-state index is -0.116. The van der Waals surface area contributed by atoms with E-state index in [2.05, 4.69) is 67.6 Å². The summed E-state index contributed by atoms with van der Waals surface area (Å²) in [7, 11) is 0. The van der Waals surface area contributed by atoms with Gasteiger partial charge in [0.25, 0.3) is 0 Å². The molecule has 0 aliphatic rings. The van der Waals surface area contributed by atoms with E-state index in [1.807, 2.05) is 35.9 Å². The number of hydrogen-bond donors (Lipinski definition) is 1. The van der Waals surface area contributed by atoms with E-state index in [4.69, 9.17) is 4.74 Å². The Kier molecular flexibility index (Phi) is 8.03. The number of nitrogens with one attached hydrogen (secondary N) is 1. The second-order valence-corrected chi connectivity index (χ2v) is 8.96. The van der Waals surface area contributed by atoms with Crippen LogP contribution in [0.3, 0.4) is 0 Å². The second kappa shape index (κ2) is 10.9. The molecule has 32 heavy (non-hydrogen) atoms. The molecule has 0 saturated carbocycles. The number of ether oxygens (including phenoxy) is 1. The zero-order valence-corrected chi connectivity index (χ0v) is 19.8. The molecular weight excluding hydrogens is 400 g/mol. The molecule has 0 saturated heterocycles. The lowest BCUT2D eigenvalue weighted by molar-refractivity contribution is -0.115. The van der Waals surface area contributed by atoms with E-state index in [0.717, 1.165) is 29.1 Å². The third-order valence-electron chi connectivity index (χ3n) is 5.49. The van der Waals surface area contributed by atoms with E-state index in [1.165, 1.54) is 5.56 Å². The van der Waals surface area contributed by atoms with E-state index in [1.54, 1.807) is 0 Å². The first-order valence-electron chi connectivity index (χ1n) is 11.3. The van der Waals surface area contributed by atoms with Crippen molar-refractivity contribution in [3.8, 4) is 5.75 Å². The zero-order chi connectivity index (χ0) is 23.1. The molecule has 170 valence electrons. The van der Waals surface area contributed by atoms with Gasteiger partial charge in [-0.25, -0.2) is 4.68 Å². The fraction of sp³-hybridized carbons (Fsp3) is 0.423. The topological polar surface area (TPSA) is 69.0 Å². The van der Waals surface area contributed by atoms with E-state index >= 15 is 0 Å². The van der Waals surface area contributed by atoms with Crippen LogP contribution in [0.5, 0.6) is 5.75 Å². The molecule has 2 aromatic carbocycles. The second-order valence-electron chi connectivity index (χ2n) is 8.96. The summed E-state index contributed by atoms with van der Waals surface area (Å²) in [6.07, 6.45) is 1.20. The van der Waals surface area contributed by atoms with E-state index < -0.39 is 0 Å². The molecule has 0 spiro atoms. The Labute approximate surface area is 191 Å². The Morgan fingerprint density at radius 2 is 1.72 bits per heavy atom. The van der Waals surface area contributed by atoms with Gasteiger partial charge >= 0.3 is 0 Å². The van der Waals surface area contributed by atoms with Crippen LogP contribution >= 0.6 is 0 Å². The number of nitrogens with zero attached hydrogens (tertiary/aromatic N) is 3. The van der Waals surface area contributed by atoms with Crippen LogP contribution in [-0.4, -0.2) is 27.5 Å². The Bertz CT molecular complexity index is 1010. The molecule has 0 atom stereocenters. The van der Waals surface area contributed by atoms with Gasteiger partial charge in [0.15, 0.2) is 0 Å². The van der Waals surface area contributed by atoms with Crippen LogP contribution in [0.2, 0.25) is 0 Å². The van der Waals surface area contributed by atoms with Crippen LogP contribution in [0.1, 0.15) is 62.5 Å². The minimum absolute atomic E-state index is 0.116. The van der Waals surface area contributed by atoms with Crippen molar-refractivity contribution in [3.05, 3.63) is 71.0 Å². The standard InChI is InChI=1S/C26H34N4O2/c1-18(2)14-15-32-24-12-10-23(11-13-24)27-26(31)16-25-20(5)30(29-28-25)17-21-6-8-22(9-7-21)19(3)4/h6-13,18-19H,14-17H2,1-5H3,(H,27,31). The Morgan fingerprint density at radius 3 is 2.34 bits per heavy atom. The lowest BCUT2D eigenvalue weighted by atomic mass is 10.0. The van der Waals surface area contributed by atoms with Gasteiger partial charge in [0, 0.05) is 5.69 Å². The van der Waals surface area contributed by atoms with Gasteiger partial charge in [-0.3, -0.25) is 4.79 Å². The van der Waals surface area contributed by atoms with Crippen LogP contribution in [0.15, 0.2) is 48.5 Å². The summed E-state index contributed by atoms with van der Waals surface area (Å²) in [6.45, 7) is 12.0. The number of carbonyl (C=O) groups excluding carboxylic acids is 1. The van der Waals surface area contributed by atoms with Crippen LogP contribution < -0.4 is 10.1 Å². The average molecular weight is 435 g/mol. The Hall–Kier alpha value is -3.15. The molecule has 0 radical (unpaired) electrons. The molecule has 0 fully saturated rings. The molecule has 1 heterocycles. The molecule has 0 bridgehead atoms. The molecule has 0 unspecified atom stereocenters. The summed E-state index contributed by atoms with van der Waals surface area (Å²) in [5.41, 5.74) is 4.81. The Balaban J connectivity index is 1.53. The van der Waals surface area contributed by atoms with Gasteiger partial charge in [-0.2, -0.15) is 0 Å². The maximum absolute atomic E-state index is 12.5. The number of benzene rings is 2. The molecule has 0 aliphatic heterocycles. The summed E-state index contributed by atoms with van der Waals surface area (Å²) >= 11 is 0.